The van der Waals surface area contributed by atoms with Gasteiger partial charge in [0.1, 0.15) is 12.1 Å². The Bertz CT molecular complexity index is 1850. The molecule has 11 nitrogen and oxygen atoms in total. The van der Waals surface area contributed by atoms with Gasteiger partial charge in [-0.1, -0.05) is 48.5 Å². The number of para-hydroxylation sites is 2. The lowest BCUT2D eigenvalue weighted by atomic mass is 10.00. The lowest BCUT2D eigenvalue weighted by molar-refractivity contribution is -0.142. The number of rotatable bonds is 13. The molecule has 232 valence electrons. The van der Waals surface area contributed by atoms with Crippen LogP contribution in [0.15, 0.2) is 85.2 Å². The van der Waals surface area contributed by atoms with Gasteiger partial charge in [-0.2, -0.15) is 12.6 Å². The summed E-state index contributed by atoms with van der Waals surface area (Å²) < 4.78 is 0. The second-order valence-electron chi connectivity index (χ2n) is 10.9. The van der Waals surface area contributed by atoms with Gasteiger partial charge < -0.3 is 36.5 Å². The van der Waals surface area contributed by atoms with E-state index in [0.717, 1.165) is 32.9 Å². The molecule has 5 aromatic rings. The molecule has 0 fully saturated rings. The van der Waals surface area contributed by atoms with E-state index in [4.69, 9.17) is 10.8 Å². The van der Waals surface area contributed by atoms with Gasteiger partial charge in [-0.3, -0.25) is 9.59 Å². The first-order chi connectivity index (χ1) is 21.6. The van der Waals surface area contributed by atoms with Crippen LogP contribution in [0, 0.1) is 0 Å². The highest BCUT2D eigenvalue weighted by Crippen LogP contribution is 2.21. The number of aromatic carboxylic acids is 1. The van der Waals surface area contributed by atoms with Crippen LogP contribution in [-0.2, 0) is 33.6 Å². The van der Waals surface area contributed by atoms with Crippen LogP contribution in [0.2, 0.25) is 0 Å². The van der Waals surface area contributed by atoms with Gasteiger partial charge in [-0.25, -0.2) is 9.59 Å². The van der Waals surface area contributed by atoms with Gasteiger partial charge in [0.05, 0.1) is 10.8 Å². The Morgan fingerprint density at radius 3 is 1.76 bits per heavy atom. The van der Waals surface area contributed by atoms with Gasteiger partial charge in [-0.05, 0) is 47.4 Å². The number of amides is 2. The SMILES string of the molecule is N[C@@H](Cc1ccc(C(=O)O)cc1)[C@H](S)C(=O)N[C@@H](Cc1c[nH]c2ccccc12)C(=O)N[C@@H](Cc1c[nH]c2ccccc12)C(=O)O. The Morgan fingerprint density at radius 1 is 0.711 bits per heavy atom. The molecule has 4 atom stereocenters. The first-order valence-electron chi connectivity index (χ1n) is 14.3. The van der Waals surface area contributed by atoms with Crippen LogP contribution in [0.25, 0.3) is 21.8 Å². The molecule has 2 aromatic heterocycles. The van der Waals surface area contributed by atoms with Crippen molar-refractivity contribution in [3.63, 3.8) is 0 Å². The zero-order valence-corrected chi connectivity index (χ0v) is 25.0. The van der Waals surface area contributed by atoms with Crippen molar-refractivity contribution in [3.05, 3.63) is 107 Å². The second kappa shape index (κ2) is 13.7. The highest BCUT2D eigenvalue weighted by molar-refractivity contribution is 7.81. The van der Waals surface area contributed by atoms with E-state index in [2.05, 4.69) is 33.2 Å². The van der Waals surface area contributed by atoms with E-state index >= 15 is 0 Å². The summed E-state index contributed by atoms with van der Waals surface area (Å²) >= 11 is 4.45. The molecule has 0 aliphatic carbocycles. The van der Waals surface area contributed by atoms with Crippen LogP contribution < -0.4 is 16.4 Å². The lowest BCUT2D eigenvalue weighted by Crippen LogP contribution is -2.55. The number of carboxylic acid groups (broad SMARTS) is 2. The molecule has 0 saturated heterocycles. The van der Waals surface area contributed by atoms with Gasteiger partial charge >= 0.3 is 11.9 Å². The van der Waals surface area contributed by atoms with Crippen LogP contribution in [0.1, 0.15) is 27.0 Å². The van der Waals surface area contributed by atoms with Crippen LogP contribution in [0.3, 0.4) is 0 Å². The highest BCUT2D eigenvalue weighted by Gasteiger charge is 2.31. The summed E-state index contributed by atoms with van der Waals surface area (Å²) in [7, 11) is 0. The number of aromatic amines is 2. The number of carbonyl (C=O) groups is 4. The fourth-order valence-electron chi connectivity index (χ4n) is 5.34. The first-order valence-corrected chi connectivity index (χ1v) is 14.8. The van der Waals surface area contributed by atoms with Crippen molar-refractivity contribution in [2.24, 2.45) is 5.73 Å². The summed E-state index contributed by atoms with van der Waals surface area (Å²) in [6, 6.07) is 18.0. The number of benzene rings is 3. The Labute approximate surface area is 263 Å². The number of nitrogens with one attached hydrogen (secondary N) is 4. The zero-order chi connectivity index (χ0) is 32.1. The Balaban J connectivity index is 1.33. The van der Waals surface area contributed by atoms with Crippen LogP contribution >= 0.6 is 12.6 Å². The largest absolute Gasteiger partial charge is 0.480 e. The minimum Gasteiger partial charge on any atom is -0.480 e. The van der Waals surface area contributed by atoms with Gasteiger partial charge in [0.15, 0.2) is 0 Å². The molecule has 5 rings (SSSR count). The number of hydrogen-bond acceptors (Lipinski definition) is 6. The number of hydrogen-bond donors (Lipinski definition) is 8. The fourth-order valence-corrected chi connectivity index (χ4v) is 5.52. The Kier molecular flexibility index (Phi) is 9.55. The van der Waals surface area contributed by atoms with E-state index in [0.29, 0.717) is 5.56 Å². The first kappa shape index (κ1) is 31.4. The molecule has 0 bridgehead atoms. The van der Waals surface area contributed by atoms with E-state index < -0.39 is 47.1 Å². The molecule has 0 aliphatic heterocycles. The molecule has 8 N–H and O–H groups in total. The average molecular weight is 628 g/mol. The highest BCUT2D eigenvalue weighted by atomic mass is 32.1. The van der Waals surface area contributed by atoms with Crippen LogP contribution in [-0.4, -0.2) is 67.3 Å². The zero-order valence-electron chi connectivity index (χ0n) is 24.1. The topological polar surface area (TPSA) is 190 Å². The quantitative estimate of drug-likeness (QED) is 0.0920. The van der Waals surface area contributed by atoms with Crippen molar-refractivity contribution in [1.29, 1.82) is 0 Å². The third kappa shape index (κ3) is 7.36. The molecule has 2 heterocycles. The van der Waals surface area contributed by atoms with Crippen molar-refractivity contribution >= 4 is 58.2 Å². The number of aromatic nitrogens is 2. The van der Waals surface area contributed by atoms with Gasteiger partial charge in [-0.15, -0.1) is 0 Å². The van der Waals surface area contributed by atoms with Gasteiger partial charge in [0, 0.05) is 53.1 Å². The number of aliphatic carboxylic acids is 1. The summed E-state index contributed by atoms with van der Waals surface area (Å²) in [4.78, 5) is 56.8. The molecule has 0 saturated carbocycles. The molecule has 2 amide bonds. The van der Waals surface area contributed by atoms with Crippen molar-refractivity contribution in [3.8, 4) is 0 Å². The summed E-state index contributed by atoms with van der Waals surface area (Å²) in [6.45, 7) is 0. The average Bonchev–Trinajstić information content (AvgIpc) is 3.64. The molecule has 0 spiro atoms. The van der Waals surface area contributed by atoms with Gasteiger partial charge in [0.2, 0.25) is 11.8 Å². The van der Waals surface area contributed by atoms with E-state index in [1.165, 1.54) is 12.1 Å². The molecular weight excluding hydrogens is 594 g/mol. The molecule has 0 aliphatic rings. The van der Waals surface area contributed by atoms with E-state index in [-0.39, 0.29) is 24.8 Å². The number of thiol groups is 1. The number of H-pyrrole nitrogens is 2. The second-order valence-corrected chi connectivity index (χ2v) is 11.5. The van der Waals surface area contributed by atoms with Crippen molar-refractivity contribution < 1.29 is 29.4 Å². The minimum absolute atomic E-state index is 0.0274. The maximum absolute atomic E-state index is 13.7. The number of fused-ring (bicyclic) bond motifs is 2. The number of carbonyl (C=O) groups excluding carboxylic acids is 2. The molecule has 45 heavy (non-hydrogen) atoms. The minimum atomic E-state index is -1.26. The maximum Gasteiger partial charge on any atom is 0.335 e. The molecule has 3 aromatic carbocycles. The summed E-state index contributed by atoms with van der Waals surface area (Å²) in [5, 5.41) is 25.2. The standard InChI is InChI=1S/C33H33N5O6S/c34-24(13-18-9-11-19(12-10-18)32(41)42)29(45)31(40)37-27(14-20-16-35-25-7-3-1-5-22(20)25)30(39)38-28(33(43)44)15-21-17-36-26-8-4-2-6-23(21)26/h1-12,16-17,24,27-29,35-36,45H,13-15,34H2,(H,37,40)(H,38,39)(H,41,42)(H,43,44)/t24-,27-,28-,29-/m0/s1. The normalized spacial score (nSPS) is 14.0. The summed E-state index contributed by atoms with van der Waals surface area (Å²) in [6.07, 6.45) is 3.81. The fraction of sp³-hybridized carbons (Fsp3) is 0.212. The summed E-state index contributed by atoms with van der Waals surface area (Å²) in [5.41, 5.74) is 10.3. The maximum atomic E-state index is 13.7. The molecule has 0 radical (unpaired) electrons. The van der Waals surface area contributed by atoms with Gasteiger partial charge in [0.25, 0.3) is 0 Å². The van der Waals surface area contributed by atoms with E-state index in [9.17, 15) is 24.3 Å². The van der Waals surface area contributed by atoms with Crippen molar-refractivity contribution in [2.75, 3.05) is 0 Å². The lowest BCUT2D eigenvalue weighted by Gasteiger charge is -2.25. The van der Waals surface area contributed by atoms with E-state index in [1.54, 1.807) is 24.5 Å². The predicted octanol–water partition coefficient (Wildman–Crippen LogP) is 3.06. The number of carboxylic acids is 2. The van der Waals surface area contributed by atoms with Crippen molar-refractivity contribution in [1.82, 2.24) is 20.6 Å². The summed E-state index contributed by atoms with van der Waals surface area (Å²) in [5.74, 6) is -3.53. The van der Waals surface area contributed by atoms with Crippen LogP contribution in [0.5, 0.6) is 0 Å². The molecule has 0 unspecified atom stereocenters. The Hall–Kier alpha value is -5.07. The molecule has 12 heteroatoms. The van der Waals surface area contributed by atoms with E-state index in [1.807, 2.05) is 48.5 Å². The van der Waals surface area contributed by atoms with Crippen molar-refractivity contribution in [2.45, 2.75) is 42.6 Å². The van der Waals surface area contributed by atoms with Crippen LogP contribution in [0.4, 0.5) is 0 Å². The Morgan fingerprint density at radius 2 is 1.22 bits per heavy atom. The monoisotopic (exact) mass is 627 g/mol. The third-order valence-electron chi connectivity index (χ3n) is 7.79. The molecular formula is C33H33N5O6S. The smallest absolute Gasteiger partial charge is 0.335 e. The number of nitrogens with two attached hydrogens (primary N) is 1. The third-order valence-corrected chi connectivity index (χ3v) is 8.41. The predicted molar refractivity (Wildman–Crippen MR) is 173 cm³/mol.